The Morgan fingerprint density at radius 1 is 1.36 bits per heavy atom. The largest absolute Gasteiger partial charge is 0.416 e. The summed E-state index contributed by atoms with van der Waals surface area (Å²) < 4.78 is 43.8. The molecule has 0 aliphatic carbocycles. The van der Waals surface area contributed by atoms with Crippen LogP contribution in [0.1, 0.15) is 34.3 Å². The molecule has 0 radical (unpaired) electrons. The van der Waals surface area contributed by atoms with Crippen LogP contribution in [0.25, 0.3) is 6.08 Å². The third-order valence-electron chi connectivity index (χ3n) is 3.89. The van der Waals surface area contributed by atoms with Crippen molar-refractivity contribution in [2.75, 3.05) is 20.2 Å². The molecule has 3 nitrogen and oxygen atoms in total. The highest BCUT2D eigenvalue weighted by atomic mass is 19.4. The normalized spacial score (nSPS) is 16.6. The minimum Gasteiger partial charge on any atom is -0.381 e. The van der Waals surface area contributed by atoms with E-state index in [-0.39, 0.29) is 23.1 Å². The van der Waals surface area contributed by atoms with E-state index in [1.807, 2.05) is 0 Å². The second kappa shape index (κ2) is 6.52. The number of carbonyl (C=O) groups excluding carboxylic acids is 1. The molecule has 1 aliphatic heterocycles. The van der Waals surface area contributed by atoms with Crippen molar-refractivity contribution in [3.05, 3.63) is 41.5 Å². The highest BCUT2D eigenvalue weighted by Crippen LogP contribution is 2.33. The Morgan fingerprint density at radius 2 is 2.00 bits per heavy atom. The fourth-order valence-corrected chi connectivity index (χ4v) is 2.60. The topological polar surface area (TPSA) is 29.5 Å². The fraction of sp³-hybridized carbons (Fsp3) is 0.438. The third-order valence-corrected chi connectivity index (χ3v) is 3.89. The van der Waals surface area contributed by atoms with Crippen LogP contribution in [-0.4, -0.2) is 37.1 Å². The van der Waals surface area contributed by atoms with Crippen molar-refractivity contribution in [2.45, 2.75) is 25.1 Å². The second-order valence-electron chi connectivity index (χ2n) is 5.23. The molecule has 120 valence electrons. The van der Waals surface area contributed by atoms with Crippen molar-refractivity contribution in [1.82, 2.24) is 4.90 Å². The highest BCUT2D eigenvalue weighted by molar-refractivity contribution is 5.95. The first kappa shape index (κ1) is 16.5. The Hall–Kier alpha value is -1.82. The molecule has 0 atom stereocenters. The van der Waals surface area contributed by atoms with Crippen LogP contribution < -0.4 is 0 Å². The third kappa shape index (κ3) is 3.50. The SMILES string of the molecule is C=Cc1cc(C(=O)N2CCC(OC)CC2)ccc1C(F)(F)F. The van der Waals surface area contributed by atoms with E-state index in [9.17, 15) is 18.0 Å². The van der Waals surface area contributed by atoms with Crippen LogP contribution in [0.4, 0.5) is 13.2 Å². The van der Waals surface area contributed by atoms with Crippen molar-refractivity contribution < 1.29 is 22.7 Å². The number of amides is 1. The zero-order chi connectivity index (χ0) is 16.3. The number of benzene rings is 1. The smallest absolute Gasteiger partial charge is 0.381 e. The number of likely N-dealkylation sites (tertiary alicyclic amines) is 1. The van der Waals surface area contributed by atoms with Gasteiger partial charge in [-0.2, -0.15) is 13.2 Å². The molecular weight excluding hydrogens is 295 g/mol. The van der Waals surface area contributed by atoms with E-state index in [0.29, 0.717) is 13.1 Å². The zero-order valence-corrected chi connectivity index (χ0v) is 12.3. The Kier molecular flexibility index (Phi) is 4.90. The summed E-state index contributed by atoms with van der Waals surface area (Å²) in [6.45, 7) is 4.48. The van der Waals surface area contributed by atoms with Gasteiger partial charge in [0, 0.05) is 25.8 Å². The first-order valence-electron chi connectivity index (χ1n) is 7.02. The molecule has 1 aromatic rings. The van der Waals surface area contributed by atoms with Crippen LogP contribution in [-0.2, 0) is 10.9 Å². The Balaban J connectivity index is 2.19. The molecule has 2 rings (SSSR count). The van der Waals surface area contributed by atoms with Gasteiger partial charge in [0.15, 0.2) is 0 Å². The summed E-state index contributed by atoms with van der Waals surface area (Å²) in [6.07, 6.45) is -1.73. The maximum absolute atomic E-state index is 12.8. The van der Waals surface area contributed by atoms with E-state index in [1.165, 1.54) is 12.1 Å². The van der Waals surface area contributed by atoms with Crippen molar-refractivity contribution >= 4 is 12.0 Å². The Bertz CT molecular complexity index is 561. The number of piperidine rings is 1. The van der Waals surface area contributed by atoms with Gasteiger partial charge in [-0.1, -0.05) is 12.7 Å². The molecule has 0 unspecified atom stereocenters. The monoisotopic (exact) mass is 313 g/mol. The molecule has 0 bridgehead atoms. The number of hydrogen-bond donors (Lipinski definition) is 0. The molecule has 0 aromatic heterocycles. The molecule has 1 aromatic carbocycles. The van der Waals surface area contributed by atoms with E-state index in [0.717, 1.165) is 25.0 Å². The van der Waals surface area contributed by atoms with Crippen molar-refractivity contribution in [3.8, 4) is 0 Å². The zero-order valence-electron chi connectivity index (χ0n) is 12.3. The summed E-state index contributed by atoms with van der Waals surface area (Å²) in [5.41, 5.74) is -0.610. The van der Waals surface area contributed by atoms with Crippen LogP contribution >= 0.6 is 0 Å². The quantitative estimate of drug-likeness (QED) is 0.853. The molecule has 1 saturated heterocycles. The first-order valence-corrected chi connectivity index (χ1v) is 7.02. The number of carbonyl (C=O) groups is 1. The minimum absolute atomic E-state index is 0.0786. The molecule has 6 heteroatoms. The number of hydrogen-bond acceptors (Lipinski definition) is 2. The van der Waals surface area contributed by atoms with Gasteiger partial charge in [0.2, 0.25) is 0 Å². The number of rotatable bonds is 3. The van der Waals surface area contributed by atoms with Crippen LogP contribution in [0.5, 0.6) is 0 Å². The standard InChI is InChI=1S/C16H18F3NO2/c1-3-11-10-12(4-5-14(11)16(17,18)19)15(21)20-8-6-13(22-2)7-9-20/h3-5,10,13H,1,6-9H2,2H3. The average Bonchev–Trinajstić information content (AvgIpc) is 2.52. The molecular formula is C16H18F3NO2. The molecule has 1 fully saturated rings. The van der Waals surface area contributed by atoms with Crippen molar-refractivity contribution in [2.24, 2.45) is 0 Å². The molecule has 1 amide bonds. The molecule has 22 heavy (non-hydrogen) atoms. The highest BCUT2D eigenvalue weighted by Gasteiger charge is 2.33. The minimum atomic E-state index is -4.46. The van der Waals surface area contributed by atoms with Gasteiger partial charge in [0.05, 0.1) is 11.7 Å². The van der Waals surface area contributed by atoms with E-state index in [4.69, 9.17) is 4.74 Å². The van der Waals surface area contributed by atoms with Gasteiger partial charge in [-0.25, -0.2) is 0 Å². The van der Waals surface area contributed by atoms with E-state index in [2.05, 4.69) is 6.58 Å². The van der Waals surface area contributed by atoms with E-state index >= 15 is 0 Å². The lowest BCUT2D eigenvalue weighted by Crippen LogP contribution is -2.40. The van der Waals surface area contributed by atoms with Crippen molar-refractivity contribution in [3.63, 3.8) is 0 Å². The molecule has 0 N–H and O–H groups in total. The average molecular weight is 313 g/mol. The summed E-state index contributed by atoms with van der Waals surface area (Å²) in [5, 5.41) is 0. The first-order chi connectivity index (χ1) is 10.4. The van der Waals surface area contributed by atoms with E-state index in [1.54, 1.807) is 12.0 Å². The predicted molar refractivity (Wildman–Crippen MR) is 77.5 cm³/mol. The summed E-state index contributed by atoms with van der Waals surface area (Å²) in [6, 6.07) is 3.41. The lowest BCUT2D eigenvalue weighted by atomic mass is 10.0. The van der Waals surface area contributed by atoms with Gasteiger partial charge in [-0.05, 0) is 36.6 Å². The number of alkyl halides is 3. The van der Waals surface area contributed by atoms with Gasteiger partial charge in [0.25, 0.3) is 5.91 Å². The van der Waals surface area contributed by atoms with Gasteiger partial charge >= 0.3 is 6.18 Å². The number of nitrogens with zero attached hydrogens (tertiary/aromatic N) is 1. The lowest BCUT2D eigenvalue weighted by Gasteiger charge is -2.31. The fourth-order valence-electron chi connectivity index (χ4n) is 2.60. The van der Waals surface area contributed by atoms with Gasteiger partial charge in [-0.15, -0.1) is 0 Å². The molecule has 1 heterocycles. The maximum atomic E-state index is 12.8. The summed E-state index contributed by atoms with van der Waals surface area (Å²) in [5.74, 6) is -0.258. The number of ether oxygens (including phenoxy) is 1. The lowest BCUT2D eigenvalue weighted by molar-refractivity contribution is -0.137. The predicted octanol–water partition coefficient (Wildman–Crippen LogP) is 3.60. The summed E-state index contributed by atoms with van der Waals surface area (Å²) in [4.78, 5) is 14.0. The molecule has 0 saturated carbocycles. The summed E-state index contributed by atoms with van der Waals surface area (Å²) in [7, 11) is 1.63. The summed E-state index contributed by atoms with van der Waals surface area (Å²) >= 11 is 0. The van der Waals surface area contributed by atoms with Crippen LogP contribution in [0, 0.1) is 0 Å². The van der Waals surface area contributed by atoms with E-state index < -0.39 is 11.7 Å². The molecule has 0 spiro atoms. The van der Waals surface area contributed by atoms with Crippen LogP contribution in [0.15, 0.2) is 24.8 Å². The van der Waals surface area contributed by atoms with Gasteiger partial charge < -0.3 is 9.64 Å². The van der Waals surface area contributed by atoms with Crippen LogP contribution in [0.2, 0.25) is 0 Å². The maximum Gasteiger partial charge on any atom is 0.416 e. The van der Waals surface area contributed by atoms with Gasteiger partial charge in [-0.3, -0.25) is 4.79 Å². The van der Waals surface area contributed by atoms with Crippen LogP contribution in [0.3, 0.4) is 0 Å². The van der Waals surface area contributed by atoms with Gasteiger partial charge in [0.1, 0.15) is 0 Å². The van der Waals surface area contributed by atoms with Crippen molar-refractivity contribution in [1.29, 1.82) is 0 Å². The number of halogens is 3. The molecule has 1 aliphatic rings. The Morgan fingerprint density at radius 3 is 2.50 bits per heavy atom. The number of methoxy groups -OCH3 is 1. The second-order valence-corrected chi connectivity index (χ2v) is 5.23. The Labute approximate surface area is 127 Å².